The minimum atomic E-state index is -0.871. The van der Waals surface area contributed by atoms with E-state index in [2.05, 4.69) is 13.8 Å². The lowest BCUT2D eigenvalue weighted by Crippen LogP contribution is -2.47. The molecule has 0 radical (unpaired) electrons. The van der Waals surface area contributed by atoms with Crippen LogP contribution in [0.5, 0.6) is 5.75 Å². The average Bonchev–Trinajstić information content (AvgIpc) is 2.52. The van der Waals surface area contributed by atoms with Gasteiger partial charge in [0, 0.05) is 23.6 Å². The van der Waals surface area contributed by atoms with E-state index in [0.717, 1.165) is 5.75 Å². The van der Waals surface area contributed by atoms with Gasteiger partial charge in [-0.3, -0.25) is 9.59 Å². The Hall–Kier alpha value is -1.69. The molecule has 6 heteroatoms. The van der Waals surface area contributed by atoms with Crippen molar-refractivity contribution < 1.29 is 19.4 Å². The van der Waals surface area contributed by atoms with Crippen molar-refractivity contribution in [2.75, 3.05) is 24.7 Å². The highest BCUT2D eigenvalue weighted by atomic mass is 32.2. The second-order valence-corrected chi connectivity index (χ2v) is 7.21. The first-order valence-corrected chi connectivity index (χ1v) is 8.96. The number of amides is 1. The van der Waals surface area contributed by atoms with Crippen molar-refractivity contribution in [1.82, 2.24) is 4.90 Å². The molecule has 1 heterocycles. The summed E-state index contributed by atoms with van der Waals surface area (Å²) >= 11 is 1.69. The number of hydrogen-bond donors (Lipinski definition) is 1. The summed E-state index contributed by atoms with van der Waals surface area (Å²) in [5.41, 5.74) is 0.550. The van der Waals surface area contributed by atoms with Crippen LogP contribution < -0.4 is 4.74 Å². The third kappa shape index (κ3) is 5.16. The number of aliphatic carboxylic acids is 1. The van der Waals surface area contributed by atoms with Gasteiger partial charge in [0.05, 0.1) is 19.1 Å². The van der Waals surface area contributed by atoms with Crippen LogP contribution in [-0.2, 0) is 4.79 Å². The molecule has 1 amide bonds. The number of thioether (sulfide) groups is 1. The van der Waals surface area contributed by atoms with Gasteiger partial charge >= 0.3 is 5.97 Å². The van der Waals surface area contributed by atoms with Crippen LogP contribution in [0.3, 0.4) is 0 Å². The van der Waals surface area contributed by atoms with Crippen LogP contribution in [0.2, 0.25) is 0 Å². The van der Waals surface area contributed by atoms with Crippen molar-refractivity contribution in [2.24, 2.45) is 5.92 Å². The molecule has 0 aliphatic carbocycles. The van der Waals surface area contributed by atoms with Crippen LogP contribution in [0.4, 0.5) is 0 Å². The molecule has 5 nitrogen and oxygen atoms in total. The minimum Gasteiger partial charge on any atom is -0.493 e. The summed E-state index contributed by atoms with van der Waals surface area (Å²) in [6.45, 7) is 5.31. The Morgan fingerprint density at radius 1 is 1.43 bits per heavy atom. The van der Waals surface area contributed by atoms with E-state index in [1.54, 1.807) is 34.9 Å². The lowest BCUT2D eigenvalue weighted by atomic mass is 10.1. The maximum atomic E-state index is 12.8. The largest absolute Gasteiger partial charge is 0.493 e. The number of carboxylic acids is 1. The van der Waals surface area contributed by atoms with Crippen molar-refractivity contribution in [2.45, 2.75) is 26.3 Å². The molecule has 1 aromatic rings. The highest BCUT2D eigenvalue weighted by Crippen LogP contribution is 2.23. The molecule has 1 fully saturated rings. The Kier molecular flexibility index (Phi) is 6.33. The van der Waals surface area contributed by atoms with Crippen molar-refractivity contribution in [3.05, 3.63) is 29.8 Å². The molecule has 23 heavy (non-hydrogen) atoms. The Morgan fingerprint density at radius 3 is 2.91 bits per heavy atom. The maximum Gasteiger partial charge on any atom is 0.305 e. The zero-order valence-corrected chi connectivity index (χ0v) is 14.3. The number of carboxylic acid groups (broad SMARTS) is 1. The fourth-order valence-electron chi connectivity index (χ4n) is 2.44. The van der Waals surface area contributed by atoms with Gasteiger partial charge in [-0.1, -0.05) is 19.9 Å². The summed E-state index contributed by atoms with van der Waals surface area (Å²) < 4.78 is 5.67. The zero-order valence-electron chi connectivity index (χ0n) is 13.5. The molecule has 1 aromatic carbocycles. The molecule has 126 valence electrons. The van der Waals surface area contributed by atoms with E-state index in [0.29, 0.717) is 36.1 Å². The molecular weight excluding hydrogens is 314 g/mol. The predicted molar refractivity (Wildman–Crippen MR) is 91.2 cm³/mol. The minimum absolute atomic E-state index is 0.0116. The Bertz CT molecular complexity index is 561. The summed E-state index contributed by atoms with van der Waals surface area (Å²) in [5, 5.41) is 9.03. The third-order valence-corrected chi connectivity index (χ3v) is 4.65. The van der Waals surface area contributed by atoms with Gasteiger partial charge in [-0.2, -0.15) is 11.8 Å². The quantitative estimate of drug-likeness (QED) is 0.864. The lowest BCUT2D eigenvalue weighted by molar-refractivity contribution is -0.138. The summed E-state index contributed by atoms with van der Waals surface area (Å²) in [7, 11) is 0. The molecule has 1 saturated heterocycles. The van der Waals surface area contributed by atoms with Crippen LogP contribution in [0.1, 0.15) is 30.6 Å². The highest BCUT2D eigenvalue weighted by molar-refractivity contribution is 7.99. The molecule has 0 saturated carbocycles. The van der Waals surface area contributed by atoms with E-state index < -0.39 is 5.97 Å². The van der Waals surface area contributed by atoms with Crippen LogP contribution in [0.15, 0.2) is 24.3 Å². The van der Waals surface area contributed by atoms with E-state index in [1.807, 2.05) is 6.07 Å². The molecule has 1 unspecified atom stereocenters. The first-order valence-electron chi connectivity index (χ1n) is 7.80. The van der Waals surface area contributed by atoms with Crippen LogP contribution in [0, 0.1) is 5.92 Å². The smallest absolute Gasteiger partial charge is 0.305 e. The number of hydrogen-bond acceptors (Lipinski definition) is 4. The predicted octanol–water partition coefficient (Wildman–Crippen LogP) is 2.75. The van der Waals surface area contributed by atoms with Crippen molar-refractivity contribution in [1.29, 1.82) is 0 Å². The summed E-state index contributed by atoms with van der Waals surface area (Å²) in [4.78, 5) is 25.4. The number of rotatable bonds is 6. The molecule has 0 bridgehead atoms. The molecule has 2 rings (SSSR count). The highest BCUT2D eigenvalue weighted by Gasteiger charge is 2.29. The van der Waals surface area contributed by atoms with E-state index >= 15 is 0 Å². The van der Waals surface area contributed by atoms with E-state index in [-0.39, 0.29) is 18.4 Å². The van der Waals surface area contributed by atoms with Crippen LogP contribution >= 0.6 is 11.8 Å². The third-order valence-electron chi connectivity index (χ3n) is 3.56. The molecule has 1 aliphatic rings. The van der Waals surface area contributed by atoms with Gasteiger partial charge < -0.3 is 14.7 Å². The first kappa shape index (κ1) is 17.7. The normalized spacial score (nSPS) is 18.0. The second kappa shape index (κ2) is 8.24. The van der Waals surface area contributed by atoms with Crippen molar-refractivity contribution in [3.63, 3.8) is 0 Å². The molecule has 1 atom stereocenters. The average molecular weight is 337 g/mol. The van der Waals surface area contributed by atoms with Gasteiger partial charge in [0.25, 0.3) is 5.91 Å². The van der Waals surface area contributed by atoms with Crippen molar-refractivity contribution >= 4 is 23.6 Å². The van der Waals surface area contributed by atoms with E-state index in [9.17, 15) is 9.59 Å². The zero-order chi connectivity index (χ0) is 16.8. The van der Waals surface area contributed by atoms with Gasteiger partial charge in [-0.05, 0) is 24.1 Å². The standard InChI is InChI=1S/C17H23NO4S/c1-12(2)10-22-15-5-3-4-13(8-15)17(21)18-6-7-23-11-14(18)9-16(19)20/h3-5,8,12,14H,6-7,9-11H2,1-2H3,(H,19,20). The number of benzene rings is 1. The molecule has 1 N–H and O–H groups in total. The molecular formula is C17H23NO4S. The summed E-state index contributed by atoms with van der Waals surface area (Å²) in [6, 6.07) is 6.88. The maximum absolute atomic E-state index is 12.8. The van der Waals surface area contributed by atoms with Gasteiger partial charge in [-0.25, -0.2) is 0 Å². The first-order chi connectivity index (χ1) is 11.0. The fraction of sp³-hybridized carbons (Fsp3) is 0.529. The monoisotopic (exact) mass is 337 g/mol. The second-order valence-electron chi connectivity index (χ2n) is 6.06. The Balaban J connectivity index is 2.11. The molecule has 0 spiro atoms. The molecule has 1 aliphatic heterocycles. The van der Waals surface area contributed by atoms with Gasteiger partial charge in [-0.15, -0.1) is 0 Å². The van der Waals surface area contributed by atoms with Crippen molar-refractivity contribution in [3.8, 4) is 5.75 Å². The van der Waals surface area contributed by atoms with Crippen LogP contribution in [-0.4, -0.2) is 52.6 Å². The lowest BCUT2D eigenvalue weighted by Gasteiger charge is -2.34. The Morgan fingerprint density at radius 2 is 2.22 bits per heavy atom. The summed E-state index contributed by atoms with van der Waals surface area (Å²) in [5.74, 6) is 1.60. The number of ether oxygens (including phenoxy) is 1. The summed E-state index contributed by atoms with van der Waals surface area (Å²) in [6.07, 6.45) is -0.0116. The van der Waals surface area contributed by atoms with Gasteiger partial charge in [0.15, 0.2) is 0 Å². The molecule has 0 aromatic heterocycles. The fourth-order valence-corrected chi connectivity index (χ4v) is 3.50. The van der Waals surface area contributed by atoms with Gasteiger partial charge in [0.1, 0.15) is 5.75 Å². The number of carbonyl (C=O) groups is 2. The SMILES string of the molecule is CC(C)COc1cccc(C(=O)N2CCSCC2CC(=O)O)c1. The van der Waals surface area contributed by atoms with Crippen LogP contribution in [0.25, 0.3) is 0 Å². The van der Waals surface area contributed by atoms with Gasteiger partial charge in [0.2, 0.25) is 0 Å². The van der Waals surface area contributed by atoms with E-state index in [1.165, 1.54) is 0 Å². The van der Waals surface area contributed by atoms with E-state index in [4.69, 9.17) is 9.84 Å². The number of nitrogens with zero attached hydrogens (tertiary/aromatic N) is 1. The topological polar surface area (TPSA) is 66.8 Å². The Labute approximate surface area is 141 Å². The number of carbonyl (C=O) groups excluding carboxylic acids is 1.